The van der Waals surface area contributed by atoms with Crippen molar-refractivity contribution in [1.29, 1.82) is 0 Å². The van der Waals surface area contributed by atoms with Gasteiger partial charge in [-0.2, -0.15) is 0 Å². The normalized spacial score (nSPS) is 9.78. The van der Waals surface area contributed by atoms with Crippen LogP contribution in [-0.4, -0.2) is 17.8 Å². The van der Waals surface area contributed by atoms with Gasteiger partial charge >= 0.3 is 0 Å². The molecule has 0 aromatic carbocycles. The minimum Gasteiger partial charge on any atom is -0.355 e. The van der Waals surface area contributed by atoms with E-state index >= 15 is 0 Å². The predicted octanol–water partition coefficient (Wildman–Crippen LogP) is 1.15. The molecule has 0 aromatic rings. The quantitative estimate of drug-likeness (QED) is 0.671. The van der Waals surface area contributed by atoms with E-state index in [4.69, 9.17) is 0 Å². The summed E-state index contributed by atoms with van der Waals surface area (Å²) >= 11 is 3.05. The zero-order valence-corrected chi connectivity index (χ0v) is 7.36. The van der Waals surface area contributed by atoms with Crippen LogP contribution in [0.1, 0.15) is 13.8 Å². The number of hydrogen-bond donors (Lipinski definition) is 1. The Hall–Kier alpha value is -0.0500. The minimum absolute atomic E-state index is 0.0590. The fraction of sp³-hybridized carbons (Fsp3) is 0.833. The van der Waals surface area contributed by atoms with Gasteiger partial charge in [0.1, 0.15) is 0 Å². The van der Waals surface area contributed by atoms with Crippen LogP contribution in [0.25, 0.3) is 0 Å². The number of halogens is 1. The molecule has 0 fully saturated rings. The number of amides is 1. The van der Waals surface area contributed by atoms with Gasteiger partial charge in [0.2, 0.25) is 5.91 Å². The summed E-state index contributed by atoms with van der Waals surface area (Å²) in [5.74, 6) is 0.594. The highest BCUT2D eigenvalue weighted by Crippen LogP contribution is 1.87. The number of nitrogens with one attached hydrogen (secondary N) is 1. The Labute approximate surface area is 64.1 Å². The molecule has 0 rings (SSSR count). The lowest BCUT2D eigenvalue weighted by Crippen LogP contribution is -2.27. The summed E-state index contributed by atoms with van der Waals surface area (Å²) in [5.41, 5.74) is 0. The van der Waals surface area contributed by atoms with Crippen molar-refractivity contribution in [3.8, 4) is 0 Å². The molecule has 0 radical (unpaired) electrons. The largest absolute Gasteiger partial charge is 0.355 e. The zero-order chi connectivity index (χ0) is 7.28. The first kappa shape index (κ1) is 8.95. The van der Waals surface area contributed by atoms with Gasteiger partial charge in [-0.3, -0.25) is 4.79 Å². The molecule has 0 saturated carbocycles. The van der Waals surface area contributed by atoms with Gasteiger partial charge in [-0.1, -0.05) is 29.8 Å². The molecule has 0 heterocycles. The maximum absolute atomic E-state index is 10.6. The third kappa shape index (κ3) is 5.83. The molecular weight excluding hydrogens is 182 g/mol. The maximum Gasteiger partial charge on any atom is 0.230 e. The first-order valence-electron chi connectivity index (χ1n) is 2.99. The maximum atomic E-state index is 10.6. The van der Waals surface area contributed by atoms with Gasteiger partial charge in [0.25, 0.3) is 0 Å². The van der Waals surface area contributed by atoms with Crippen molar-refractivity contribution in [2.45, 2.75) is 13.8 Å². The minimum atomic E-state index is 0.0590. The zero-order valence-electron chi connectivity index (χ0n) is 5.78. The molecule has 0 aliphatic heterocycles. The number of hydrogen-bond acceptors (Lipinski definition) is 1. The van der Waals surface area contributed by atoms with Crippen molar-refractivity contribution in [1.82, 2.24) is 5.32 Å². The average Bonchev–Trinajstić information content (AvgIpc) is 1.83. The van der Waals surface area contributed by atoms with E-state index in [1.165, 1.54) is 0 Å². The summed E-state index contributed by atoms with van der Waals surface area (Å²) in [6, 6.07) is 0. The second-order valence-electron chi connectivity index (χ2n) is 2.33. The summed E-state index contributed by atoms with van der Waals surface area (Å²) in [7, 11) is 0. The Morgan fingerprint density at radius 3 is 2.56 bits per heavy atom. The smallest absolute Gasteiger partial charge is 0.230 e. The highest BCUT2D eigenvalue weighted by molar-refractivity contribution is 9.09. The molecule has 9 heavy (non-hydrogen) atoms. The van der Waals surface area contributed by atoms with Crippen LogP contribution < -0.4 is 5.32 Å². The third-order valence-electron chi connectivity index (χ3n) is 0.829. The highest BCUT2D eigenvalue weighted by atomic mass is 79.9. The molecule has 0 spiro atoms. The van der Waals surface area contributed by atoms with Crippen LogP contribution in [0.5, 0.6) is 0 Å². The lowest BCUT2D eigenvalue weighted by Gasteiger charge is -2.04. The molecule has 0 aliphatic rings. The van der Waals surface area contributed by atoms with Crippen molar-refractivity contribution in [3.05, 3.63) is 0 Å². The van der Waals surface area contributed by atoms with Gasteiger partial charge < -0.3 is 5.32 Å². The van der Waals surface area contributed by atoms with Gasteiger partial charge in [-0.15, -0.1) is 0 Å². The predicted molar refractivity (Wildman–Crippen MR) is 41.6 cm³/mol. The van der Waals surface area contributed by atoms with E-state index in [0.29, 0.717) is 11.2 Å². The Kier molecular flexibility index (Phi) is 4.77. The topological polar surface area (TPSA) is 29.1 Å². The van der Waals surface area contributed by atoms with Crippen molar-refractivity contribution in [3.63, 3.8) is 0 Å². The van der Waals surface area contributed by atoms with Gasteiger partial charge in [0.15, 0.2) is 0 Å². The van der Waals surface area contributed by atoms with E-state index in [2.05, 4.69) is 35.1 Å². The Morgan fingerprint density at radius 2 is 2.22 bits per heavy atom. The van der Waals surface area contributed by atoms with Crippen molar-refractivity contribution < 1.29 is 4.79 Å². The summed E-state index contributed by atoms with van der Waals surface area (Å²) in [6.45, 7) is 4.90. The Bertz CT molecular complexity index is 93.1. The number of rotatable bonds is 3. The summed E-state index contributed by atoms with van der Waals surface area (Å²) in [5, 5.41) is 3.15. The number of carbonyl (C=O) groups is 1. The monoisotopic (exact) mass is 193 g/mol. The van der Waals surface area contributed by atoms with Crippen LogP contribution in [0.4, 0.5) is 0 Å². The first-order valence-corrected chi connectivity index (χ1v) is 4.11. The molecule has 0 aromatic heterocycles. The van der Waals surface area contributed by atoms with Crippen LogP contribution in [0.3, 0.4) is 0 Å². The van der Waals surface area contributed by atoms with Crippen LogP contribution in [0.15, 0.2) is 0 Å². The fourth-order valence-corrected chi connectivity index (χ4v) is 0.563. The van der Waals surface area contributed by atoms with E-state index in [0.717, 1.165) is 6.54 Å². The Balaban J connectivity index is 3.17. The highest BCUT2D eigenvalue weighted by Gasteiger charge is 1.97. The molecule has 0 atom stereocenters. The molecule has 0 saturated heterocycles. The van der Waals surface area contributed by atoms with Gasteiger partial charge in [0.05, 0.1) is 5.33 Å². The summed E-state index contributed by atoms with van der Waals surface area (Å²) < 4.78 is 0. The second kappa shape index (κ2) is 4.79. The lowest BCUT2D eigenvalue weighted by atomic mass is 10.2. The van der Waals surface area contributed by atoms with Crippen molar-refractivity contribution in [2.75, 3.05) is 11.9 Å². The van der Waals surface area contributed by atoms with Crippen molar-refractivity contribution >= 4 is 21.8 Å². The standard InChI is InChI=1S/C6H12BrNO/c1-5(2)4-8-6(9)3-7/h5H,3-4H2,1-2H3,(H,8,9). The number of alkyl halides is 1. The Morgan fingerprint density at radius 1 is 1.67 bits per heavy atom. The van der Waals surface area contributed by atoms with Crippen LogP contribution in [0, 0.1) is 5.92 Å². The van der Waals surface area contributed by atoms with E-state index < -0.39 is 0 Å². The average molecular weight is 194 g/mol. The fourth-order valence-electron chi connectivity index (χ4n) is 0.365. The first-order chi connectivity index (χ1) is 4.16. The van der Waals surface area contributed by atoms with Crippen LogP contribution in [0.2, 0.25) is 0 Å². The molecule has 1 amide bonds. The number of carbonyl (C=O) groups excluding carboxylic acids is 1. The molecule has 1 N–H and O–H groups in total. The third-order valence-corrected chi connectivity index (χ3v) is 1.34. The molecule has 0 aliphatic carbocycles. The van der Waals surface area contributed by atoms with Crippen LogP contribution >= 0.6 is 15.9 Å². The van der Waals surface area contributed by atoms with Gasteiger partial charge in [-0.25, -0.2) is 0 Å². The molecular formula is C6H12BrNO. The molecule has 0 bridgehead atoms. The summed E-state index contributed by atoms with van der Waals surface area (Å²) in [4.78, 5) is 10.6. The van der Waals surface area contributed by atoms with Gasteiger partial charge in [0, 0.05) is 6.54 Å². The summed E-state index contributed by atoms with van der Waals surface area (Å²) in [6.07, 6.45) is 0. The second-order valence-corrected chi connectivity index (χ2v) is 2.89. The van der Waals surface area contributed by atoms with Crippen molar-refractivity contribution in [2.24, 2.45) is 5.92 Å². The van der Waals surface area contributed by atoms with Crippen LogP contribution in [-0.2, 0) is 4.79 Å². The van der Waals surface area contributed by atoms with E-state index in [1.807, 2.05) is 0 Å². The van der Waals surface area contributed by atoms with E-state index in [9.17, 15) is 4.79 Å². The van der Waals surface area contributed by atoms with E-state index in [1.54, 1.807) is 0 Å². The molecule has 2 nitrogen and oxygen atoms in total. The molecule has 0 unspecified atom stereocenters. The van der Waals surface area contributed by atoms with Gasteiger partial charge in [-0.05, 0) is 5.92 Å². The van der Waals surface area contributed by atoms with E-state index in [-0.39, 0.29) is 5.91 Å². The molecule has 54 valence electrons. The SMILES string of the molecule is CC(C)CNC(=O)CBr. The molecule has 3 heteroatoms. The lowest BCUT2D eigenvalue weighted by molar-refractivity contribution is -0.118.